The van der Waals surface area contributed by atoms with E-state index in [1.54, 1.807) is 7.11 Å². The summed E-state index contributed by atoms with van der Waals surface area (Å²) in [6.07, 6.45) is 2.41. The fraction of sp³-hybridized carbons (Fsp3) is 0.667. The van der Waals surface area contributed by atoms with Crippen molar-refractivity contribution in [1.29, 1.82) is 0 Å². The fourth-order valence-corrected chi connectivity index (χ4v) is 2.35. The lowest BCUT2D eigenvalue weighted by atomic mass is 9.86. The third-order valence-corrected chi connectivity index (χ3v) is 3.57. The summed E-state index contributed by atoms with van der Waals surface area (Å²) >= 11 is 0. The van der Waals surface area contributed by atoms with Gasteiger partial charge in [-0.05, 0) is 37.0 Å². The Balaban J connectivity index is 2.62. The largest absolute Gasteiger partial charge is 0.497 e. The van der Waals surface area contributed by atoms with Crippen LogP contribution in [0.3, 0.4) is 0 Å². The van der Waals surface area contributed by atoms with E-state index in [-0.39, 0.29) is 5.41 Å². The van der Waals surface area contributed by atoms with Gasteiger partial charge in [0.1, 0.15) is 18.1 Å². The smallest absolute Gasteiger partial charge is 0.123 e. The first-order valence-electron chi connectivity index (χ1n) is 7.93. The van der Waals surface area contributed by atoms with Crippen molar-refractivity contribution in [2.45, 2.75) is 58.9 Å². The molecule has 0 saturated carbocycles. The topological polar surface area (TPSA) is 30.5 Å². The first kappa shape index (κ1) is 17.8. The van der Waals surface area contributed by atoms with Crippen LogP contribution in [0.2, 0.25) is 0 Å². The van der Waals surface area contributed by atoms with Gasteiger partial charge < -0.3 is 14.8 Å². The van der Waals surface area contributed by atoms with Gasteiger partial charge in [-0.1, -0.05) is 34.1 Å². The molecule has 0 heterocycles. The van der Waals surface area contributed by atoms with E-state index < -0.39 is 0 Å². The van der Waals surface area contributed by atoms with Crippen LogP contribution < -0.4 is 14.8 Å². The molecule has 0 saturated heterocycles. The third-order valence-electron chi connectivity index (χ3n) is 3.57. The molecule has 0 fully saturated rings. The van der Waals surface area contributed by atoms with Crippen LogP contribution in [-0.4, -0.2) is 26.3 Å². The maximum atomic E-state index is 5.97. The Morgan fingerprint density at radius 2 is 1.95 bits per heavy atom. The Morgan fingerprint density at radius 1 is 1.24 bits per heavy atom. The molecule has 21 heavy (non-hydrogen) atoms. The SMILES string of the molecule is CCCC(C)NCCOc1ccc(OC)cc1C(C)(C)C. The lowest BCUT2D eigenvalue weighted by Crippen LogP contribution is -2.30. The molecule has 120 valence electrons. The number of methoxy groups -OCH3 is 1. The van der Waals surface area contributed by atoms with Crippen LogP contribution >= 0.6 is 0 Å². The third kappa shape index (κ3) is 5.96. The van der Waals surface area contributed by atoms with Gasteiger partial charge in [0, 0.05) is 18.2 Å². The number of nitrogens with one attached hydrogen (secondary N) is 1. The summed E-state index contributed by atoms with van der Waals surface area (Å²) in [5.41, 5.74) is 1.22. The van der Waals surface area contributed by atoms with Gasteiger partial charge in [0.05, 0.1) is 7.11 Å². The van der Waals surface area contributed by atoms with E-state index in [0.29, 0.717) is 12.6 Å². The van der Waals surface area contributed by atoms with Crippen LogP contribution in [0.25, 0.3) is 0 Å². The first-order valence-corrected chi connectivity index (χ1v) is 7.93. The van der Waals surface area contributed by atoms with Crippen molar-refractivity contribution in [3.63, 3.8) is 0 Å². The second kappa shape index (κ2) is 8.28. The van der Waals surface area contributed by atoms with Crippen LogP contribution in [-0.2, 0) is 5.41 Å². The predicted molar refractivity (Wildman–Crippen MR) is 89.6 cm³/mol. The van der Waals surface area contributed by atoms with E-state index in [1.807, 2.05) is 12.1 Å². The molecular formula is C18H31NO2. The number of hydrogen-bond donors (Lipinski definition) is 1. The van der Waals surface area contributed by atoms with Crippen molar-refractivity contribution in [2.24, 2.45) is 0 Å². The van der Waals surface area contributed by atoms with E-state index in [2.05, 4.69) is 46.0 Å². The van der Waals surface area contributed by atoms with Gasteiger partial charge in [0.25, 0.3) is 0 Å². The molecule has 0 aromatic heterocycles. The van der Waals surface area contributed by atoms with Gasteiger partial charge in [0.15, 0.2) is 0 Å². The van der Waals surface area contributed by atoms with Crippen molar-refractivity contribution in [3.05, 3.63) is 23.8 Å². The molecule has 1 aromatic rings. The van der Waals surface area contributed by atoms with Gasteiger partial charge in [-0.25, -0.2) is 0 Å². The lowest BCUT2D eigenvalue weighted by Gasteiger charge is -2.24. The van der Waals surface area contributed by atoms with Crippen LogP contribution in [0.15, 0.2) is 18.2 Å². The summed E-state index contributed by atoms with van der Waals surface area (Å²) in [5.74, 6) is 1.83. The van der Waals surface area contributed by atoms with Crippen LogP contribution in [0.4, 0.5) is 0 Å². The van der Waals surface area contributed by atoms with Gasteiger partial charge in [-0.2, -0.15) is 0 Å². The summed E-state index contributed by atoms with van der Waals surface area (Å²) in [6, 6.07) is 6.59. The van der Waals surface area contributed by atoms with Crippen LogP contribution in [0, 0.1) is 0 Å². The molecule has 0 radical (unpaired) electrons. The van der Waals surface area contributed by atoms with Gasteiger partial charge in [0.2, 0.25) is 0 Å². The van der Waals surface area contributed by atoms with Gasteiger partial charge in [-0.3, -0.25) is 0 Å². The van der Waals surface area contributed by atoms with E-state index >= 15 is 0 Å². The maximum absolute atomic E-state index is 5.97. The molecule has 3 nitrogen and oxygen atoms in total. The molecule has 1 rings (SSSR count). The van der Waals surface area contributed by atoms with Crippen LogP contribution in [0.5, 0.6) is 11.5 Å². The Labute approximate surface area is 130 Å². The number of ether oxygens (including phenoxy) is 2. The number of benzene rings is 1. The van der Waals surface area contributed by atoms with Crippen molar-refractivity contribution in [3.8, 4) is 11.5 Å². The Morgan fingerprint density at radius 3 is 2.52 bits per heavy atom. The van der Waals surface area contributed by atoms with E-state index in [4.69, 9.17) is 9.47 Å². The number of hydrogen-bond acceptors (Lipinski definition) is 3. The normalized spacial score (nSPS) is 13.0. The highest BCUT2D eigenvalue weighted by Crippen LogP contribution is 2.34. The van der Waals surface area contributed by atoms with Crippen LogP contribution in [0.1, 0.15) is 53.0 Å². The van der Waals surface area contributed by atoms with Crippen molar-refractivity contribution < 1.29 is 9.47 Å². The minimum absolute atomic E-state index is 0.0345. The Bertz CT molecular complexity index is 424. The summed E-state index contributed by atoms with van der Waals surface area (Å²) in [5, 5.41) is 3.48. The fourth-order valence-electron chi connectivity index (χ4n) is 2.35. The second-order valence-corrected chi connectivity index (χ2v) is 6.60. The molecule has 3 heteroatoms. The summed E-state index contributed by atoms with van der Waals surface area (Å²) in [7, 11) is 1.70. The van der Waals surface area contributed by atoms with E-state index in [0.717, 1.165) is 18.0 Å². The van der Waals surface area contributed by atoms with Gasteiger partial charge >= 0.3 is 0 Å². The molecule has 0 aliphatic heterocycles. The van der Waals surface area contributed by atoms with E-state index in [9.17, 15) is 0 Å². The average Bonchev–Trinajstić information content (AvgIpc) is 2.43. The summed E-state index contributed by atoms with van der Waals surface area (Å²) in [6.45, 7) is 12.6. The maximum Gasteiger partial charge on any atom is 0.123 e. The Kier molecular flexibility index (Phi) is 7.03. The molecule has 1 unspecified atom stereocenters. The quantitative estimate of drug-likeness (QED) is 0.730. The zero-order valence-electron chi connectivity index (χ0n) is 14.5. The average molecular weight is 293 g/mol. The van der Waals surface area contributed by atoms with Crippen molar-refractivity contribution in [2.75, 3.05) is 20.3 Å². The molecule has 1 N–H and O–H groups in total. The monoisotopic (exact) mass is 293 g/mol. The molecule has 0 aliphatic carbocycles. The van der Waals surface area contributed by atoms with Crippen molar-refractivity contribution in [1.82, 2.24) is 5.32 Å². The zero-order valence-corrected chi connectivity index (χ0v) is 14.5. The minimum Gasteiger partial charge on any atom is -0.497 e. The summed E-state index contributed by atoms with van der Waals surface area (Å²) < 4.78 is 11.3. The highest BCUT2D eigenvalue weighted by Gasteiger charge is 2.20. The first-order chi connectivity index (χ1) is 9.88. The minimum atomic E-state index is 0.0345. The van der Waals surface area contributed by atoms with Crippen molar-refractivity contribution >= 4 is 0 Å². The number of rotatable bonds is 8. The molecule has 1 atom stereocenters. The second-order valence-electron chi connectivity index (χ2n) is 6.60. The standard InChI is InChI=1S/C18H31NO2/c1-7-8-14(2)19-11-12-21-17-10-9-15(20-6)13-16(17)18(3,4)5/h9-10,13-14,19H,7-8,11-12H2,1-6H3. The molecule has 0 amide bonds. The molecular weight excluding hydrogens is 262 g/mol. The molecule has 1 aromatic carbocycles. The Hall–Kier alpha value is -1.22. The zero-order chi connectivity index (χ0) is 15.9. The predicted octanol–water partition coefficient (Wildman–Crippen LogP) is 4.15. The highest BCUT2D eigenvalue weighted by atomic mass is 16.5. The lowest BCUT2D eigenvalue weighted by molar-refractivity contribution is 0.296. The molecule has 0 aliphatic rings. The summed E-state index contributed by atoms with van der Waals surface area (Å²) in [4.78, 5) is 0. The molecule has 0 spiro atoms. The van der Waals surface area contributed by atoms with E-state index in [1.165, 1.54) is 18.4 Å². The highest BCUT2D eigenvalue weighted by molar-refractivity contribution is 5.44. The molecule has 0 bridgehead atoms. The van der Waals surface area contributed by atoms with Gasteiger partial charge in [-0.15, -0.1) is 0 Å².